The third kappa shape index (κ3) is 3.90. The van der Waals surface area contributed by atoms with E-state index in [0.29, 0.717) is 24.0 Å². The molecule has 0 aliphatic heterocycles. The van der Waals surface area contributed by atoms with E-state index in [9.17, 15) is 4.79 Å². The quantitative estimate of drug-likeness (QED) is 0.891. The maximum atomic E-state index is 11.0. The van der Waals surface area contributed by atoms with Crippen LogP contribution in [-0.4, -0.2) is 23.8 Å². The maximum absolute atomic E-state index is 11.0. The molecular formula is C17H24O4. The second-order valence-corrected chi connectivity index (χ2v) is 5.91. The fourth-order valence-corrected chi connectivity index (χ4v) is 2.79. The van der Waals surface area contributed by atoms with Crippen LogP contribution in [0.25, 0.3) is 0 Å². The molecule has 0 saturated heterocycles. The van der Waals surface area contributed by atoms with Crippen molar-refractivity contribution in [1.29, 1.82) is 0 Å². The van der Waals surface area contributed by atoms with Gasteiger partial charge in [-0.15, -0.1) is 0 Å². The zero-order valence-electron chi connectivity index (χ0n) is 13.0. The molecular weight excluding hydrogens is 268 g/mol. The Labute approximate surface area is 126 Å². The van der Waals surface area contributed by atoms with Crippen LogP contribution in [0.3, 0.4) is 0 Å². The standard InChI is InChI=1S/C17H24O4/c1-4-20-16-10-13(17(18)19)6-8-15(16)21-14-7-5-11(2)12(3)9-14/h6,8,10-12,14H,4-5,7,9H2,1-3H3,(H,18,19). The van der Waals surface area contributed by atoms with Gasteiger partial charge in [0.2, 0.25) is 0 Å². The number of benzene rings is 1. The summed E-state index contributed by atoms with van der Waals surface area (Å²) in [5.41, 5.74) is 0.219. The van der Waals surface area contributed by atoms with Crippen LogP contribution in [0.1, 0.15) is 50.4 Å². The molecule has 116 valence electrons. The number of hydrogen-bond acceptors (Lipinski definition) is 3. The zero-order valence-corrected chi connectivity index (χ0v) is 13.0. The Hall–Kier alpha value is -1.71. The summed E-state index contributed by atoms with van der Waals surface area (Å²) < 4.78 is 11.6. The summed E-state index contributed by atoms with van der Waals surface area (Å²) >= 11 is 0. The Kier molecular flexibility index (Phi) is 5.10. The highest BCUT2D eigenvalue weighted by atomic mass is 16.5. The highest BCUT2D eigenvalue weighted by molar-refractivity contribution is 5.88. The third-order valence-electron chi connectivity index (χ3n) is 4.33. The molecule has 0 aromatic heterocycles. The van der Waals surface area contributed by atoms with Gasteiger partial charge in [-0.1, -0.05) is 13.8 Å². The Morgan fingerprint density at radius 1 is 1.24 bits per heavy atom. The van der Waals surface area contributed by atoms with E-state index in [1.807, 2.05) is 6.92 Å². The van der Waals surface area contributed by atoms with Crippen LogP contribution in [-0.2, 0) is 0 Å². The maximum Gasteiger partial charge on any atom is 0.335 e. The second-order valence-electron chi connectivity index (χ2n) is 5.91. The van der Waals surface area contributed by atoms with Crippen LogP contribution in [0.5, 0.6) is 11.5 Å². The van der Waals surface area contributed by atoms with E-state index in [0.717, 1.165) is 18.8 Å². The van der Waals surface area contributed by atoms with Gasteiger partial charge in [0.1, 0.15) is 0 Å². The van der Waals surface area contributed by atoms with Crippen LogP contribution < -0.4 is 9.47 Å². The van der Waals surface area contributed by atoms with Crippen LogP contribution in [0, 0.1) is 11.8 Å². The molecule has 1 aromatic carbocycles. The van der Waals surface area contributed by atoms with Crippen molar-refractivity contribution in [1.82, 2.24) is 0 Å². The van der Waals surface area contributed by atoms with Gasteiger partial charge in [0.15, 0.2) is 11.5 Å². The highest BCUT2D eigenvalue weighted by Gasteiger charge is 2.26. The molecule has 4 heteroatoms. The van der Waals surface area contributed by atoms with Crippen molar-refractivity contribution in [3.05, 3.63) is 23.8 Å². The molecule has 1 aromatic rings. The number of aromatic carboxylic acids is 1. The van der Waals surface area contributed by atoms with Gasteiger partial charge in [0.25, 0.3) is 0 Å². The van der Waals surface area contributed by atoms with Crippen LogP contribution >= 0.6 is 0 Å². The fourth-order valence-electron chi connectivity index (χ4n) is 2.79. The van der Waals surface area contributed by atoms with E-state index in [4.69, 9.17) is 14.6 Å². The van der Waals surface area contributed by atoms with Gasteiger partial charge in [0, 0.05) is 0 Å². The predicted molar refractivity (Wildman–Crippen MR) is 81.2 cm³/mol. The summed E-state index contributed by atoms with van der Waals surface area (Å²) in [6.07, 6.45) is 3.43. The van der Waals surface area contributed by atoms with Gasteiger partial charge in [-0.3, -0.25) is 0 Å². The fraction of sp³-hybridized carbons (Fsp3) is 0.588. The SMILES string of the molecule is CCOc1cc(C(=O)O)ccc1OC1CCC(C)C(C)C1. The average Bonchev–Trinajstić information content (AvgIpc) is 2.45. The van der Waals surface area contributed by atoms with Gasteiger partial charge in [-0.25, -0.2) is 4.79 Å². The first-order valence-electron chi connectivity index (χ1n) is 7.68. The molecule has 0 bridgehead atoms. The number of hydrogen-bond donors (Lipinski definition) is 1. The van der Waals surface area contributed by atoms with E-state index < -0.39 is 5.97 Å². The second kappa shape index (κ2) is 6.83. The Bertz CT molecular complexity index is 498. The van der Waals surface area contributed by atoms with Crippen LogP contribution in [0.15, 0.2) is 18.2 Å². The summed E-state index contributed by atoms with van der Waals surface area (Å²) in [5.74, 6) is 1.60. The molecule has 0 radical (unpaired) electrons. The Morgan fingerprint density at radius 3 is 2.62 bits per heavy atom. The minimum Gasteiger partial charge on any atom is -0.490 e. The first-order chi connectivity index (χ1) is 10.0. The number of carboxylic acids is 1. The smallest absolute Gasteiger partial charge is 0.335 e. The summed E-state index contributed by atoms with van der Waals surface area (Å²) in [6, 6.07) is 4.81. The third-order valence-corrected chi connectivity index (χ3v) is 4.33. The van der Waals surface area contributed by atoms with Gasteiger partial charge >= 0.3 is 5.97 Å². The number of rotatable bonds is 5. The summed E-state index contributed by atoms with van der Waals surface area (Å²) in [7, 11) is 0. The lowest BCUT2D eigenvalue weighted by Gasteiger charge is -2.32. The lowest BCUT2D eigenvalue weighted by atomic mass is 9.80. The van der Waals surface area contributed by atoms with Crippen molar-refractivity contribution in [2.24, 2.45) is 11.8 Å². The summed E-state index contributed by atoms with van der Waals surface area (Å²) in [5, 5.41) is 9.06. The molecule has 4 nitrogen and oxygen atoms in total. The van der Waals surface area contributed by atoms with Crippen molar-refractivity contribution in [2.45, 2.75) is 46.1 Å². The van der Waals surface area contributed by atoms with Gasteiger partial charge in [0.05, 0.1) is 18.3 Å². The Morgan fingerprint density at radius 2 is 2.00 bits per heavy atom. The van der Waals surface area contributed by atoms with Crippen molar-refractivity contribution < 1.29 is 19.4 Å². The van der Waals surface area contributed by atoms with E-state index >= 15 is 0 Å². The number of carboxylic acid groups (broad SMARTS) is 1. The van der Waals surface area contributed by atoms with Gasteiger partial charge in [-0.05, 0) is 56.2 Å². The normalized spacial score (nSPS) is 25.4. The molecule has 1 saturated carbocycles. The van der Waals surface area contributed by atoms with E-state index in [2.05, 4.69) is 13.8 Å². The molecule has 0 amide bonds. The molecule has 0 spiro atoms. The molecule has 21 heavy (non-hydrogen) atoms. The monoisotopic (exact) mass is 292 g/mol. The number of ether oxygens (including phenoxy) is 2. The lowest BCUT2D eigenvalue weighted by molar-refractivity contribution is 0.0696. The molecule has 1 N–H and O–H groups in total. The average molecular weight is 292 g/mol. The molecule has 1 fully saturated rings. The topological polar surface area (TPSA) is 55.8 Å². The largest absolute Gasteiger partial charge is 0.490 e. The predicted octanol–water partition coefficient (Wildman–Crippen LogP) is 3.99. The van der Waals surface area contributed by atoms with Gasteiger partial charge in [-0.2, -0.15) is 0 Å². The highest BCUT2D eigenvalue weighted by Crippen LogP contribution is 2.35. The van der Waals surface area contributed by atoms with Crippen molar-refractivity contribution in [3.63, 3.8) is 0 Å². The zero-order chi connectivity index (χ0) is 15.4. The molecule has 2 rings (SSSR count). The van der Waals surface area contributed by atoms with E-state index in [1.165, 1.54) is 12.5 Å². The van der Waals surface area contributed by atoms with Crippen molar-refractivity contribution >= 4 is 5.97 Å². The summed E-state index contributed by atoms with van der Waals surface area (Å²) in [6.45, 7) is 6.91. The Balaban J connectivity index is 2.13. The minimum absolute atomic E-state index is 0.186. The first kappa shape index (κ1) is 15.7. The van der Waals surface area contributed by atoms with Crippen molar-refractivity contribution in [3.8, 4) is 11.5 Å². The number of carbonyl (C=O) groups is 1. The molecule has 1 aliphatic carbocycles. The molecule has 0 heterocycles. The summed E-state index contributed by atoms with van der Waals surface area (Å²) in [4.78, 5) is 11.0. The molecule has 1 aliphatic rings. The minimum atomic E-state index is -0.956. The van der Waals surface area contributed by atoms with Gasteiger partial charge < -0.3 is 14.6 Å². The molecule has 3 atom stereocenters. The van der Waals surface area contributed by atoms with Crippen molar-refractivity contribution in [2.75, 3.05) is 6.61 Å². The van der Waals surface area contributed by atoms with Crippen LogP contribution in [0.2, 0.25) is 0 Å². The van der Waals surface area contributed by atoms with E-state index in [1.54, 1.807) is 12.1 Å². The molecule has 3 unspecified atom stereocenters. The van der Waals surface area contributed by atoms with Crippen LogP contribution in [0.4, 0.5) is 0 Å². The lowest BCUT2D eigenvalue weighted by Crippen LogP contribution is -2.28. The van der Waals surface area contributed by atoms with E-state index in [-0.39, 0.29) is 11.7 Å². The first-order valence-corrected chi connectivity index (χ1v) is 7.68.